The fourth-order valence-electron chi connectivity index (χ4n) is 5.70. The molecule has 234 valence electrons. The number of benzene rings is 3. The highest BCUT2D eigenvalue weighted by Crippen LogP contribution is 2.38. The quantitative estimate of drug-likeness (QED) is 0.223. The summed E-state index contributed by atoms with van der Waals surface area (Å²) in [6, 6.07) is 16.9. The number of para-hydroxylation sites is 1. The van der Waals surface area contributed by atoms with Crippen LogP contribution in [0.5, 0.6) is 11.5 Å². The minimum Gasteiger partial charge on any atom is -0.493 e. The predicted molar refractivity (Wildman–Crippen MR) is 168 cm³/mol. The Morgan fingerprint density at radius 2 is 1.76 bits per heavy atom. The van der Waals surface area contributed by atoms with Gasteiger partial charge in [0, 0.05) is 18.1 Å². The van der Waals surface area contributed by atoms with Crippen molar-refractivity contribution in [1.29, 1.82) is 0 Å². The maximum atomic E-state index is 14.6. The van der Waals surface area contributed by atoms with E-state index < -0.39 is 35.3 Å². The Morgan fingerprint density at radius 1 is 1.02 bits per heavy atom. The van der Waals surface area contributed by atoms with Crippen LogP contribution in [0.3, 0.4) is 0 Å². The highest BCUT2D eigenvalue weighted by molar-refractivity contribution is 7.07. The highest BCUT2D eigenvalue weighted by Gasteiger charge is 2.38. The first kappa shape index (κ1) is 30.7. The topological polar surface area (TPSA) is 117 Å². The number of thiazole rings is 1. The monoisotopic (exact) mass is 641 g/mol. The van der Waals surface area contributed by atoms with E-state index in [0.717, 1.165) is 11.3 Å². The number of methoxy groups -OCH3 is 1. The number of halogens is 1. The van der Waals surface area contributed by atoms with Crippen molar-refractivity contribution in [1.82, 2.24) is 4.57 Å². The second-order valence-corrected chi connectivity index (χ2v) is 11.5. The van der Waals surface area contributed by atoms with Gasteiger partial charge in [0.05, 0.1) is 48.8 Å². The van der Waals surface area contributed by atoms with E-state index in [1.165, 1.54) is 35.6 Å². The van der Waals surface area contributed by atoms with E-state index in [9.17, 15) is 23.6 Å². The zero-order chi connectivity index (χ0) is 32.7. The van der Waals surface area contributed by atoms with E-state index >= 15 is 0 Å². The molecule has 3 heterocycles. The molecular weight excluding hydrogens is 613 g/mol. The van der Waals surface area contributed by atoms with Crippen LogP contribution in [0.4, 0.5) is 10.1 Å². The van der Waals surface area contributed by atoms with Crippen molar-refractivity contribution in [3.63, 3.8) is 0 Å². The van der Waals surface area contributed by atoms with Crippen LogP contribution in [-0.4, -0.2) is 36.1 Å². The number of amides is 1. The van der Waals surface area contributed by atoms with Gasteiger partial charge in [0.25, 0.3) is 11.5 Å². The minimum atomic E-state index is -1.01. The van der Waals surface area contributed by atoms with E-state index in [0.29, 0.717) is 28.1 Å². The molecule has 0 spiro atoms. The van der Waals surface area contributed by atoms with Crippen LogP contribution in [0.15, 0.2) is 87.8 Å². The summed E-state index contributed by atoms with van der Waals surface area (Å²) in [5.74, 6) is -1.74. The first-order chi connectivity index (χ1) is 22.1. The fraction of sp³-hybridized carbons (Fsp3) is 0.206. The van der Waals surface area contributed by atoms with Gasteiger partial charge in [-0.05, 0) is 43.7 Å². The zero-order valence-corrected chi connectivity index (χ0v) is 26.1. The van der Waals surface area contributed by atoms with Crippen molar-refractivity contribution in [2.45, 2.75) is 33.4 Å². The third kappa shape index (κ3) is 5.20. The number of carbonyl (C=O) groups is 3. The van der Waals surface area contributed by atoms with E-state index in [4.69, 9.17) is 14.2 Å². The average Bonchev–Trinajstić information content (AvgIpc) is 3.49. The van der Waals surface area contributed by atoms with Crippen molar-refractivity contribution in [2.24, 2.45) is 4.99 Å². The molecule has 12 heteroatoms. The van der Waals surface area contributed by atoms with Gasteiger partial charge in [0.2, 0.25) is 0 Å². The molecule has 4 aromatic rings. The molecule has 1 atom stereocenters. The number of aromatic nitrogens is 1. The molecule has 1 unspecified atom stereocenters. The molecule has 0 bridgehead atoms. The number of hydrogen-bond acceptors (Lipinski definition) is 9. The Morgan fingerprint density at radius 3 is 2.48 bits per heavy atom. The molecular formula is C34H28FN3O7S. The second kappa shape index (κ2) is 12.2. The number of hydrogen-bond donors (Lipinski definition) is 0. The number of nitrogens with zero attached hydrogens (tertiary/aromatic N) is 3. The molecule has 10 nitrogen and oxygen atoms in total. The van der Waals surface area contributed by atoms with Gasteiger partial charge in [-0.3, -0.25) is 19.0 Å². The molecule has 0 radical (unpaired) electrons. The fourth-order valence-corrected chi connectivity index (χ4v) is 6.84. The molecule has 2 aliphatic rings. The maximum absolute atomic E-state index is 14.6. The first-order valence-electron chi connectivity index (χ1n) is 14.4. The van der Waals surface area contributed by atoms with E-state index in [1.54, 1.807) is 68.4 Å². The number of anilines is 1. The first-order valence-corrected chi connectivity index (χ1v) is 15.2. The number of rotatable bonds is 7. The smallest absolute Gasteiger partial charge is 0.338 e. The SMILES string of the molecule is CCOC(=O)C1=C(C)N=c2sc(=C3C(=O)N(Cc4ccccc4F)c4ccccc43)c(=O)n2C1c1ccc(OC(C)=O)c(OC)c1. The number of ether oxygens (including phenoxy) is 3. The van der Waals surface area contributed by atoms with Crippen molar-refractivity contribution in [2.75, 3.05) is 18.6 Å². The third-order valence-electron chi connectivity index (χ3n) is 7.69. The molecule has 0 saturated carbocycles. The lowest BCUT2D eigenvalue weighted by atomic mass is 9.95. The standard InChI is InChI=1S/C34H28FN3O7S/c1-5-44-33(42)27-18(2)36-34-38(29(27)20-14-15-25(45-19(3)39)26(16-20)43-4)32(41)30(46-34)28-22-11-7-9-13-24(22)37(31(28)40)17-21-10-6-8-12-23(21)35/h6-16,29H,5,17H2,1-4H3. The molecule has 1 amide bonds. The molecule has 0 N–H and O–H groups in total. The number of carbonyl (C=O) groups excluding carboxylic acids is 3. The lowest BCUT2D eigenvalue weighted by Crippen LogP contribution is -2.41. The predicted octanol–water partition coefficient (Wildman–Crippen LogP) is 3.79. The maximum Gasteiger partial charge on any atom is 0.338 e. The summed E-state index contributed by atoms with van der Waals surface area (Å²) >= 11 is 1.03. The van der Waals surface area contributed by atoms with Gasteiger partial charge in [-0.1, -0.05) is 53.8 Å². The summed E-state index contributed by atoms with van der Waals surface area (Å²) in [4.78, 5) is 59.9. The van der Waals surface area contributed by atoms with E-state index in [-0.39, 0.29) is 45.1 Å². The van der Waals surface area contributed by atoms with Crippen LogP contribution in [0.25, 0.3) is 5.57 Å². The molecule has 1 aromatic heterocycles. The Kier molecular flexibility index (Phi) is 8.13. The summed E-state index contributed by atoms with van der Waals surface area (Å²) in [6.45, 7) is 4.64. The Labute approximate surface area is 266 Å². The van der Waals surface area contributed by atoms with Crippen LogP contribution in [0, 0.1) is 5.82 Å². The summed E-state index contributed by atoms with van der Waals surface area (Å²) in [6.07, 6.45) is 0. The lowest BCUT2D eigenvalue weighted by molar-refractivity contribution is -0.139. The average molecular weight is 642 g/mol. The Balaban J connectivity index is 1.57. The summed E-state index contributed by atoms with van der Waals surface area (Å²) in [5, 5.41) is 0. The van der Waals surface area contributed by atoms with E-state index in [2.05, 4.69) is 4.99 Å². The zero-order valence-electron chi connectivity index (χ0n) is 25.3. The number of esters is 2. The van der Waals surface area contributed by atoms with Crippen molar-refractivity contribution < 1.29 is 33.0 Å². The van der Waals surface area contributed by atoms with Crippen molar-refractivity contribution in [3.05, 3.63) is 120 Å². The van der Waals surface area contributed by atoms with Crippen molar-refractivity contribution in [3.8, 4) is 11.5 Å². The van der Waals surface area contributed by atoms with Gasteiger partial charge in [-0.25, -0.2) is 14.2 Å². The van der Waals surface area contributed by atoms with E-state index in [1.807, 2.05) is 0 Å². The molecule has 0 aliphatic carbocycles. The minimum absolute atomic E-state index is 0.0341. The van der Waals surface area contributed by atoms with Crippen LogP contribution in [0.1, 0.15) is 43.5 Å². The van der Waals surface area contributed by atoms with Gasteiger partial charge >= 0.3 is 11.9 Å². The molecule has 2 aliphatic heterocycles. The second-order valence-electron chi connectivity index (χ2n) is 10.5. The Hall–Kier alpha value is -5.36. The van der Waals surface area contributed by atoms with Gasteiger partial charge in [-0.15, -0.1) is 0 Å². The summed E-state index contributed by atoms with van der Waals surface area (Å²) in [5.41, 5.74) is 1.95. The molecule has 6 rings (SSSR count). The van der Waals surface area contributed by atoms with Crippen LogP contribution >= 0.6 is 11.3 Å². The molecule has 46 heavy (non-hydrogen) atoms. The normalized spacial score (nSPS) is 16.5. The summed E-state index contributed by atoms with van der Waals surface area (Å²) < 4.78 is 32.2. The van der Waals surface area contributed by atoms with Gasteiger partial charge in [-0.2, -0.15) is 0 Å². The molecule has 0 fully saturated rings. The molecule has 3 aromatic carbocycles. The van der Waals surface area contributed by atoms with Crippen LogP contribution in [-0.2, 0) is 25.7 Å². The molecule has 0 saturated heterocycles. The van der Waals surface area contributed by atoms with Crippen LogP contribution < -0.4 is 29.3 Å². The van der Waals surface area contributed by atoms with Gasteiger partial charge < -0.3 is 19.1 Å². The largest absolute Gasteiger partial charge is 0.493 e. The van der Waals surface area contributed by atoms with Crippen molar-refractivity contribution >= 4 is 40.4 Å². The number of fused-ring (bicyclic) bond motifs is 2. The number of allylic oxidation sites excluding steroid dienone is 1. The Bertz CT molecular complexity index is 2150. The summed E-state index contributed by atoms with van der Waals surface area (Å²) in [7, 11) is 1.41. The van der Waals surface area contributed by atoms with Gasteiger partial charge in [0.1, 0.15) is 10.3 Å². The highest BCUT2D eigenvalue weighted by atomic mass is 32.1. The van der Waals surface area contributed by atoms with Crippen LogP contribution in [0.2, 0.25) is 0 Å². The van der Waals surface area contributed by atoms with Gasteiger partial charge in [0.15, 0.2) is 16.3 Å². The third-order valence-corrected chi connectivity index (χ3v) is 8.74. The lowest BCUT2D eigenvalue weighted by Gasteiger charge is -2.25.